The number of hydrogen-bond acceptors (Lipinski definition) is 6. The van der Waals surface area contributed by atoms with Crippen LogP contribution in [0.3, 0.4) is 0 Å². The normalized spacial score (nSPS) is 10.5. The van der Waals surface area contributed by atoms with Gasteiger partial charge in [0, 0.05) is 12.2 Å². The van der Waals surface area contributed by atoms with Crippen molar-refractivity contribution in [2.45, 2.75) is 17.7 Å². The molecule has 134 valence electrons. The minimum Gasteiger partial charge on any atom is -0.360 e. The summed E-state index contributed by atoms with van der Waals surface area (Å²) in [6.45, 7) is 2.97. The van der Waals surface area contributed by atoms with Crippen molar-refractivity contribution in [2.24, 2.45) is 0 Å². The molecular weight excluding hydrogens is 364 g/mol. The molecule has 0 fully saturated rings. The van der Waals surface area contributed by atoms with Gasteiger partial charge in [0.2, 0.25) is 11.0 Å². The van der Waals surface area contributed by atoms with Crippen molar-refractivity contribution in [3.63, 3.8) is 0 Å². The molecule has 3 aromatic rings. The number of thioether (sulfide) groups is 1. The van der Waals surface area contributed by atoms with Gasteiger partial charge in [-0.05, 0) is 29.7 Å². The Bertz CT molecular complexity index is 834. The van der Waals surface area contributed by atoms with E-state index < -0.39 is 0 Å². The highest BCUT2D eigenvalue weighted by Gasteiger charge is 2.08. The number of benzene rings is 2. The fraction of sp³-hybridized carbons (Fsp3) is 0.211. The SMILES string of the molecule is CCCNc1nnc(SCC(=O)Nc2ccc(-c3ccccc3)cc2)s1. The maximum Gasteiger partial charge on any atom is 0.234 e. The second-order valence-corrected chi connectivity index (χ2v) is 7.78. The molecule has 1 heterocycles. The van der Waals surface area contributed by atoms with Crippen LogP contribution in [0.2, 0.25) is 0 Å². The molecule has 0 saturated carbocycles. The third kappa shape index (κ3) is 5.31. The molecule has 1 amide bonds. The smallest absolute Gasteiger partial charge is 0.234 e. The number of nitrogens with one attached hydrogen (secondary N) is 2. The van der Waals surface area contributed by atoms with Crippen LogP contribution < -0.4 is 10.6 Å². The molecule has 0 spiro atoms. The van der Waals surface area contributed by atoms with Crippen molar-refractivity contribution in [2.75, 3.05) is 22.9 Å². The molecule has 0 bridgehead atoms. The zero-order valence-corrected chi connectivity index (χ0v) is 16.1. The first-order valence-corrected chi connectivity index (χ1v) is 10.2. The molecule has 0 aliphatic carbocycles. The summed E-state index contributed by atoms with van der Waals surface area (Å²) < 4.78 is 0.790. The van der Waals surface area contributed by atoms with E-state index in [-0.39, 0.29) is 5.91 Å². The van der Waals surface area contributed by atoms with Crippen molar-refractivity contribution in [3.05, 3.63) is 54.6 Å². The Balaban J connectivity index is 1.49. The van der Waals surface area contributed by atoms with E-state index in [4.69, 9.17) is 0 Å². The van der Waals surface area contributed by atoms with Crippen LogP contribution in [0.4, 0.5) is 10.8 Å². The van der Waals surface area contributed by atoms with Gasteiger partial charge in [-0.1, -0.05) is 72.5 Å². The van der Waals surface area contributed by atoms with Crippen LogP contribution >= 0.6 is 23.1 Å². The Morgan fingerprint density at radius 1 is 1.04 bits per heavy atom. The first kappa shape index (κ1) is 18.4. The molecular formula is C19H20N4OS2. The fourth-order valence-electron chi connectivity index (χ4n) is 2.27. The number of hydrogen-bond donors (Lipinski definition) is 2. The minimum absolute atomic E-state index is 0.0549. The summed E-state index contributed by atoms with van der Waals surface area (Å²) in [5, 5.41) is 15.0. The van der Waals surface area contributed by atoms with E-state index in [0.717, 1.165) is 39.3 Å². The highest BCUT2D eigenvalue weighted by Crippen LogP contribution is 2.26. The predicted octanol–water partition coefficient (Wildman–Crippen LogP) is 4.76. The molecule has 0 aliphatic rings. The molecule has 5 nitrogen and oxygen atoms in total. The van der Waals surface area contributed by atoms with Gasteiger partial charge < -0.3 is 10.6 Å². The summed E-state index contributed by atoms with van der Waals surface area (Å²) in [5.74, 6) is 0.253. The van der Waals surface area contributed by atoms with Gasteiger partial charge in [0.05, 0.1) is 5.75 Å². The predicted molar refractivity (Wildman–Crippen MR) is 110 cm³/mol. The van der Waals surface area contributed by atoms with Crippen molar-refractivity contribution < 1.29 is 4.79 Å². The topological polar surface area (TPSA) is 66.9 Å². The summed E-state index contributed by atoms with van der Waals surface area (Å²) in [4.78, 5) is 12.1. The van der Waals surface area contributed by atoms with Gasteiger partial charge in [0.25, 0.3) is 0 Å². The maximum absolute atomic E-state index is 12.1. The number of amides is 1. The molecule has 2 N–H and O–H groups in total. The lowest BCUT2D eigenvalue weighted by atomic mass is 10.1. The zero-order chi connectivity index (χ0) is 18.2. The number of carbonyl (C=O) groups is 1. The largest absolute Gasteiger partial charge is 0.360 e. The van der Waals surface area contributed by atoms with Crippen LogP contribution in [-0.4, -0.2) is 28.4 Å². The minimum atomic E-state index is -0.0549. The van der Waals surface area contributed by atoms with Gasteiger partial charge in [-0.3, -0.25) is 4.79 Å². The molecule has 0 aliphatic heterocycles. The number of rotatable bonds is 8. The van der Waals surface area contributed by atoms with Crippen LogP contribution in [0.1, 0.15) is 13.3 Å². The highest BCUT2D eigenvalue weighted by molar-refractivity contribution is 8.01. The molecule has 2 aromatic carbocycles. The Kier molecular flexibility index (Phi) is 6.62. The van der Waals surface area contributed by atoms with E-state index >= 15 is 0 Å². The van der Waals surface area contributed by atoms with Gasteiger partial charge in [-0.2, -0.15) is 0 Å². The van der Waals surface area contributed by atoms with E-state index in [1.807, 2.05) is 42.5 Å². The fourth-order valence-corrected chi connectivity index (χ4v) is 3.85. The summed E-state index contributed by atoms with van der Waals surface area (Å²) >= 11 is 2.87. The average molecular weight is 385 g/mol. The number of nitrogens with zero attached hydrogens (tertiary/aromatic N) is 2. The first-order chi connectivity index (χ1) is 12.7. The molecule has 3 rings (SSSR count). The van der Waals surface area contributed by atoms with Crippen LogP contribution in [-0.2, 0) is 4.79 Å². The third-order valence-electron chi connectivity index (χ3n) is 3.54. The van der Waals surface area contributed by atoms with Crippen molar-refractivity contribution >= 4 is 39.8 Å². The maximum atomic E-state index is 12.1. The monoisotopic (exact) mass is 384 g/mol. The van der Waals surface area contributed by atoms with Gasteiger partial charge >= 0.3 is 0 Å². The van der Waals surface area contributed by atoms with E-state index in [1.165, 1.54) is 23.1 Å². The molecule has 7 heteroatoms. The van der Waals surface area contributed by atoms with Crippen LogP contribution in [0.5, 0.6) is 0 Å². The Labute approximate surface area is 161 Å². The van der Waals surface area contributed by atoms with E-state index in [0.29, 0.717) is 5.75 Å². The van der Waals surface area contributed by atoms with Crippen LogP contribution in [0.15, 0.2) is 58.9 Å². The molecule has 1 aromatic heterocycles. The lowest BCUT2D eigenvalue weighted by Crippen LogP contribution is -2.13. The first-order valence-electron chi connectivity index (χ1n) is 8.40. The molecule has 0 atom stereocenters. The molecule has 0 unspecified atom stereocenters. The summed E-state index contributed by atoms with van der Waals surface area (Å²) in [7, 11) is 0. The molecule has 0 saturated heterocycles. The number of carbonyl (C=O) groups excluding carboxylic acids is 1. The Hall–Kier alpha value is -2.38. The Morgan fingerprint density at radius 3 is 2.50 bits per heavy atom. The third-order valence-corrected chi connectivity index (χ3v) is 5.55. The van der Waals surface area contributed by atoms with Crippen LogP contribution in [0, 0.1) is 0 Å². The van der Waals surface area contributed by atoms with Crippen LogP contribution in [0.25, 0.3) is 11.1 Å². The lowest BCUT2D eigenvalue weighted by molar-refractivity contribution is -0.113. The number of aromatic nitrogens is 2. The van der Waals surface area contributed by atoms with E-state index in [2.05, 4.69) is 39.9 Å². The summed E-state index contributed by atoms with van der Waals surface area (Å²) in [6.07, 6.45) is 1.04. The molecule has 0 radical (unpaired) electrons. The van der Waals surface area contributed by atoms with Gasteiger partial charge in [0.1, 0.15) is 0 Å². The molecule has 26 heavy (non-hydrogen) atoms. The van der Waals surface area contributed by atoms with E-state index in [1.54, 1.807) is 0 Å². The van der Waals surface area contributed by atoms with Gasteiger partial charge in [-0.15, -0.1) is 10.2 Å². The van der Waals surface area contributed by atoms with Crippen molar-refractivity contribution in [1.82, 2.24) is 10.2 Å². The summed E-state index contributed by atoms with van der Waals surface area (Å²) in [5.41, 5.74) is 3.07. The zero-order valence-electron chi connectivity index (χ0n) is 14.4. The Morgan fingerprint density at radius 2 is 1.77 bits per heavy atom. The van der Waals surface area contributed by atoms with Crippen molar-refractivity contribution in [3.8, 4) is 11.1 Å². The second kappa shape index (κ2) is 9.35. The average Bonchev–Trinajstić information content (AvgIpc) is 3.14. The van der Waals surface area contributed by atoms with E-state index in [9.17, 15) is 4.79 Å². The lowest BCUT2D eigenvalue weighted by Gasteiger charge is -2.06. The summed E-state index contributed by atoms with van der Waals surface area (Å²) in [6, 6.07) is 18.0. The highest BCUT2D eigenvalue weighted by atomic mass is 32.2. The van der Waals surface area contributed by atoms with Gasteiger partial charge in [0.15, 0.2) is 4.34 Å². The second-order valence-electron chi connectivity index (χ2n) is 5.58. The van der Waals surface area contributed by atoms with Crippen molar-refractivity contribution in [1.29, 1.82) is 0 Å². The van der Waals surface area contributed by atoms with Gasteiger partial charge in [-0.25, -0.2) is 0 Å². The standard InChI is InChI=1S/C19H20N4OS2/c1-2-12-20-18-22-23-19(26-18)25-13-17(24)21-16-10-8-15(9-11-16)14-6-4-3-5-7-14/h3-11H,2,12-13H2,1H3,(H,20,22)(H,21,24). The quantitative estimate of drug-likeness (QED) is 0.548. The number of anilines is 2.